The average molecular weight is 370 g/mol. The Morgan fingerprint density at radius 1 is 1.04 bits per heavy atom. The summed E-state index contributed by atoms with van der Waals surface area (Å²) in [5.74, 6) is 0.864. The van der Waals surface area contributed by atoms with Crippen LogP contribution in [0.5, 0.6) is 5.75 Å². The molecule has 5 heteroatoms. The van der Waals surface area contributed by atoms with Gasteiger partial charge in [0.1, 0.15) is 5.75 Å². The van der Waals surface area contributed by atoms with Crippen molar-refractivity contribution >= 4 is 17.3 Å². The first-order valence-electron chi connectivity index (χ1n) is 8.91. The number of hydrogen-bond donors (Lipinski definition) is 1. The molecule has 0 saturated carbocycles. The first-order valence-corrected chi connectivity index (χ1v) is 9.29. The lowest BCUT2D eigenvalue weighted by Crippen LogP contribution is -2.18. The van der Waals surface area contributed by atoms with Crippen LogP contribution in [-0.4, -0.2) is 15.7 Å². The van der Waals surface area contributed by atoms with Gasteiger partial charge in [0, 0.05) is 29.6 Å². The van der Waals surface area contributed by atoms with Crippen LogP contribution >= 0.6 is 11.6 Å². The molecule has 1 unspecified atom stereocenters. The smallest absolute Gasteiger partial charge is 0.119 e. The predicted molar refractivity (Wildman–Crippen MR) is 107 cm³/mol. The summed E-state index contributed by atoms with van der Waals surface area (Å²) in [6.45, 7) is 0.947. The number of imidazole rings is 1. The average Bonchev–Trinajstić information content (AvgIpc) is 3.16. The van der Waals surface area contributed by atoms with Crippen LogP contribution in [-0.2, 0) is 13.0 Å². The molecule has 1 aromatic heterocycles. The highest BCUT2D eigenvalue weighted by molar-refractivity contribution is 6.30. The monoisotopic (exact) mass is 369 g/mol. The Labute approximate surface area is 159 Å². The molecule has 3 rings (SSSR count). The maximum Gasteiger partial charge on any atom is 0.119 e. The maximum absolute atomic E-state index is 6.23. The molecule has 136 valence electrons. The molecular formula is C21H24ClN3O. The van der Waals surface area contributed by atoms with Gasteiger partial charge >= 0.3 is 0 Å². The summed E-state index contributed by atoms with van der Waals surface area (Å²) in [4.78, 5) is 4.09. The van der Waals surface area contributed by atoms with Crippen LogP contribution in [0.2, 0.25) is 5.02 Å². The second kappa shape index (κ2) is 9.30. The fourth-order valence-electron chi connectivity index (χ4n) is 2.90. The quantitative estimate of drug-likeness (QED) is 0.541. The highest BCUT2D eigenvalue weighted by Gasteiger charge is 2.11. The van der Waals surface area contributed by atoms with Gasteiger partial charge < -0.3 is 15.0 Å². The topological polar surface area (TPSA) is 53.1 Å². The van der Waals surface area contributed by atoms with Gasteiger partial charge in [0.25, 0.3) is 0 Å². The minimum Gasteiger partial charge on any atom is -0.490 e. The van der Waals surface area contributed by atoms with E-state index >= 15 is 0 Å². The Kier molecular flexibility index (Phi) is 6.56. The summed E-state index contributed by atoms with van der Waals surface area (Å²) >= 11 is 5.97. The Morgan fingerprint density at radius 3 is 2.50 bits per heavy atom. The molecule has 0 saturated heterocycles. The molecule has 1 atom stereocenters. The third kappa shape index (κ3) is 5.81. The molecule has 26 heavy (non-hydrogen) atoms. The van der Waals surface area contributed by atoms with E-state index in [-0.39, 0.29) is 6.10 Å². The summed E-state index contributed by atoms with van der Waals surface area (Å²) < 4.78 is 8.32. The van der Waals surface area contributed by atoms with Gasteiger partial charge in [0.05, 0.1) is 12.4 Å². The summed E-state index contributed by atoms with van der Waals surface area (Å²) in [5.41, 5.74) is 7.78. The number of benzene rings is 2. The van der Waals surface area contributed by atoms with Gasteiger partial charge in [-0.2, -0.15) is 0 Å². The third-order valence-electron chi connectivity index (χ3n) is 4.35. The van der Waals surface area contributed by atoms with E-state index in [1.54, 1.807) is 0 Å². The van der Waals surface area contributed by atoms with Crippen molar-refractivity contribution in [3.8, 4) is 5.75 Å². The number of ether oxygens (including phenoxy) is 1. The number of rotatable bonds is 9. The summed E-state index contributed by atoms with van der Waals surface area (Å²) in [6, 6.07) is 15.6. The number of halogens is 1. The van der Waals surface area contributed by atoms with Gasteiger partial charge in [-0.15, -0.1) is 0 Å². The SMILES string of the molecule is Nc1ccc(OC(CCCn2ccnc2)CCc2ccc(Cl)cc2)cc1. The highest BCUT2D eigenvalue weighted by atomic mass is 35.5. The normalized spacial score (nSPS) is 12.0. The van der Waals surface area contributed by atoms with Gasteiger partial charge in [-0.1, -0.05) is 23.7 Å². The van der Waals surface area contributed by atoms with Crippen molar-refractivity contribution in [3.05, 3.63) is 77.8 Å². The molecule has 2 aromatic carbocycles. The molecular weight excluding hydrogens is 346 g/mol. The lowest BCUT2D eigenvalue weighted by Gasteiger charge is -2.20. The first-order chi connectivity index (χ1) is 12.7. The Bertz CT molecular complexity index is 770. The zero-order valence-corrected chi connectivity index (χ0v) is 15.5. The van der Waals surface area contributed by atoms with Crippen LogP contribution in [0.25, 0.3) is 0 Å². The second-order valence-corrected chi connectivity index (χ2v) is 6.85. The summed E-state index contributed by atoms with van der Waals surface area (Å²) in [7, 11) is 0. The van der Waals surface area contributed by atoms with Gasteiger partial charge in [0.2, 0.25) is 0 Å². The van der Waals surface area contributed by atoms with Crippen LogP contribution in [0, 0.1) is 0 Å². The lowest BCUT2D eigenvalue weighted by atomic mass is 10.0. The lowest BCUT2D eigenvalue weighted by molar-refractivity contribution is 0.176. The molecule has 4 nitrogen and oxygen atoms in total. The van der Waals surface area contributed by atoms with Crippen molar-refractivity contribution in [2.75, 3.05) is 5.73 Å². The van der Waals surface area contributed by atoms with Crippen molar-refractivity contribution in [2.24, 2.45) is 0 Å². The number of nitrogens with zero attached hydrogens (tertiary/aromatic N) is 2. The molecule has 1 heterocycles. The zero-order valence-electron chi connectivity index (χ0n) is 14.7. The standard InChI is InChI=1S/C21H24ClN3O/c22-18-6-3-17(4-7-18)5-10-20(2-1-14-25-15-13-24-16-25)26-21-11-8-19(23)9-12-21/h3-4,6-9,11-13,15-16,20H,1-2,5,10,14,23H2. The molecule has 0 bridgehead atoms. The van der Waals surface area contributed by atoms with Crippen molar-refractivity contribution in [1.82, 2.24) is 9.55 Å². The van der Waals surface area contributed by atoms with E-state index in [4.69, 9.17) is 22.1 Å². The Hall–Kier alpha value is -2.46. The number of hydrogen-bond acceptors (Lipinski definition) is 3. The van der Waals surface area contributed by atoms with Crippen molar-refractivity contribution in [2.45, 2.75) is 38.3 Å². The zero-order chi connectivity index (χ0) is 18.2. The van der Waals surface area contributed by atoms with E-state index in [2.05, 4.69) is 21.7 Å². The Morgan fingerprint density at radius 2 is 1.81 bits per heavy atom. The second-order valence-electron chi connectivity index (χ2n) is 6.42. The van der Waals surface area contributed by atoms with Gasteiger partial charge in [0.15, 0.2) is 0 Å². The van der Waals surface area contributed by atoms with E-state index in [1.807, 2.05) is 55.1 Å². The molecule has 0 aliphatic carbocycles. The number of aryl methyl sites for hydroxylation is 2. The largest absolute Gasteiger partial charge is 0.490 e. The summed E-state index contributed by atoms with van der Waals surface area (Å²) in [5, 5.41) is 0.767. The number of aromatic nitrogens is 2. The molecule has 0 radical (unpaired) electrons. The third-order valence-corrected chi connectivity index (χ3v) is 4.60. The number of anilines is 1. The van der Waals surface area contributed by atoms with Crippen LogP contribution in [0.4, 0.5) is 5.69 Å². The van der Waals surface area contributed by atoms with Gasteiger partial charge in [-0.05, 0) is 67.6 Å². The number of nitrogen functional groups attached to an aromatic ring is 1. The van der Waals surface area contributed by atoms with E-state index in [9.17, 15) is 0 Å². The van der Waals surface area contributed by atoms with Gasteiger partial charge in [-0.3, -0.25) is 0 Å². The first kappa shape index (κ1) is 18.3. The molecule has 3 aromatic rings. The van der Waals surface area contributed by atoms with Crippen LogP contribution in [0.3, 0.4) is 0 Å². The molecule has 2 N–H and O–H groups in total. The van der Waals surface area contributed by atoms with E-state index in [1.165, 1.54) is 5.56 Å². The van der Waals surface area contributed by atoms with Crippen LogP contribution in [0.1, 0.15) is 24.8 Å². The van der Waals surface area contributed by atoms with E-state index in [0.29, 0.717) is 0 Å². The summed E-state index contributed by atoms with van der Waals surface area (Å²) in [6.07, 6.45) is 9.73. The van der Waals surface area contributed by atoms with Crippen molar-refractivity contribution < 1.29 is 4.74 Å². The highest BCUT2D eigenvalue weighted by Crippen LogP contribution is 2.20. The Balaban J connectivity index is 1.57. The van der Waals surface area contributed by atoms with Crippen molar-refractivity contribution in [1.29, 1.82) is 0 Å². The minimum absolute atomic E-state index is 0.151. The number of nitrogens with two attached hydrogens (primary N) is 1. The molecule has 0 amide bonds. The molecule has 0 fully saturated rings. The molecule has 0 aliphatic rings. The van der Waals surface area contributed by atoms with Crippen LogP contribution < -0.4 is 10.5 Å². The fourth-order valence-corrected chi connectivity index (χ4v) is 3.03. The van der Waals surface area contributed by atoms with Crippen molar-refractivity contribution in [3.63, 3.8) is 0 Å². The van der Waals surface area contributed by atoms with Crippen LogP contribution in [0.15, 0.2) is 67.3 Å². The minimum atomic E-state index is 0.151. The van der Waals surface area contributed by atoms with E-state index in [0.717, 1.165) is 48.7 Å². The predicted octanol–water partition coefficient (Wildman–Crippen LogP) is 4.98. The van der Waals surface area contributed by atoms with Gasteiger partial charge in [-0.25, -0.2) is 4.98 Å². The maximum atomic E-state index is 6.23. The molecule has 0 aliphatic heterocycles. The fraction of sp³-hybridized carbons (Fsp3) is 0.286. The molecule has 0 spiro atoms. The van der Waals surface area contributed by atoms with E-state index < -0.39 is 0 Å².